The Balaban J connectivity index is 1.88. The first kappa shape index (κ1) is 20.2. The minimum atomic E-state index is -0.0377. The number of nitrogens with zero attached hydrogens (tertiary/aromatic N) is 4. The third-order valence-electron chi connectivity index (χ3n) is 6.51. The number of hydrogen-bond acceptors (Lipinski definition) is 4. The van der Waals surface area contributed by atoms with Crippen molar-refractivity contribution >= 4 is 38.5 Å². The van der Waals surface area contributed by atoms with Gasteiger partial charge in [-0.2, -0.15) is 5.26 Å². The predicted molar refractivity (Wildman–Crippen MR) is 130 cm³/mol. The Morgan fingerprint density at radius 1 is 1.09 bits per heavy atom. The van der Waals surface area contributed by atoms with E-state index in [0.717, 1.165) is 59.5 Å². The van der Waals surface area contributed by atoms with Crippen LogP contribution >= 0.6 is 0 Å². The first-order valence-corrected chi connectivity index (χ1v) is 10.9. The molecule has 5 rings (SSSR count). The molecule has 4 aromatic rings. The number of fused-ring (bicyclic) bond motifs is 4. The maximum Gasteiger partial charge on any atom is 0.199 e. The first-order chi connectivity index (χ1) is 15.4. The topological polar surface area (TPSA) is 68.1 Å². The lowest BCUT2D eigenvalue weighted by molar-refractivity contribution is 0.313. The fourth-order valence-corrected chi connectivity index (χ4v) is 4.84. The molecule has 32 heavy (non-hydrogen) atoms. The Morgan fingerprint density at radius 2 is 1.84 bits per heavy atom. The second-order valence-electron chi connectivity index (χ2n) is 8.83. The van der Waals surface area contributed by atoms with Gasteiger partial charge in [-0.05, 0) is 45.2 Å². The summed E-state index contributed by atoms with van der Waals surface area (Å²) in [7, 11) is 2.13. The number of anilines is 1. The Bertz CT molecular complexity index is 1520. The Hall–Kier alpha value is -3.74. The average Bonchev–Trinajstić information content (AvgIpc) is 3.17. The lowest BCUT2D eigenvalue weighted by atomic mass is 10.0. The van der Waals surface area contributed by atoms with E-state index in [4.69, 9.17) is 6.42 Å². The number of pyridine rings is 1. The fraction of sp³-hybridized carbons (Fsp3) is 0.308. The molecule has 1 aliphatic heterocycles. The standard InChI is InChI=1S/C26H25N5O/c1-5-18-13-20-23(14-22(18)30-10-8-29(4)9-11-30)31(16(2)3)26-24(25(20)32)19-7-6-17(15-27)12-21(19)28-26/h1,6-7,12-14,16,28H,8-11H2,2-4H3. The van der Waals surface area contributed by atoms with Crippen LogP contribution in [-0.4, -0.2) is 47.7 Å². The monoisotopic (exact) mass is 423 g/mol. The summed E-state index contributed by atoms with van der Waals surface area (Å²) in [6, 6.07) is 11.7. The zero-order chi connectivity index (χ0) is 22.6. The zero-order valence-electron chi connectivity index (χ0n) is 18.6. The highest BCUT2D eigenvalue weighted by Crippen LogP contribution is 2.33. The van der Waals surface area contributed by atoms with Crippen LogP contribution in [0.4, 0.5) is 5.69 Å². The molecule has 0 radical (unpaired) electrons. The van der Waals surface area contributed by atoms with E-state index < -0.39 is 0 Å². The number of H-pyrrole nitrogens is 1. The van der Waals surface area contributed by atoms with Crippen molar-refractivity contribution in [1.29, 1.82) is 5.26 Å². The van der Waals surface area contributed by atoms with E-state index in [1.54, 1.807) is 12.1 Å². The molecule has 6 nitrogen and oxygen atoms in total. The van der Waals surface area contributed by atoms with Gasteiger partial charge in [-0.1, -0.05) is 12.0 Å². The van der Waals surface area contributed by atoms with Crippen molar-refractivity contribution in [1.82, 2.24) is 14.5 Å². The van der Waals surface area contributed by atoms with Gasteiger partial charge in [0.05, 0.1) is 28.2 Å². The third-order valence-corrected chi connectivity index (χ3v) is 6.51. The SMILES string of the molecule is C#Cc1cc2c(=O)c3c4ccc(C#N)cc4[nH]c3n(C(C)C)c2cc1N1CCN(C)CC1. The molecule has 0 unspecified atom stereocenters. The molecule has 1 fully saturated rings. The van der Waals surface area contributed by atoms with Gasteiger partial charge in [0, 0.05) is 54.1 Å². The summed E-state index contributed by atoms with van der Waals surface area (Å²) in [5, 5.41) is 11.4. The molecule has 0 spiro atoms. The molecule has 3 heterocycles. The minimum absolute atomic E-state index is 0.0377. The van der Waals surface area contributed by atoms with Gasteiger partial charge in [0.2, 0.25) is 0 Å². The minimum Gasteiger partial charge on any atom is -0.368 e. The lowest BCUT2D eigenvalue weighted by Gasteiger charge is -2.35. The highest BCUT2D eigenvalue weighted by molar-refractivity contribution is 6.10. The van der Waals surface area contributed by atoms with E-state index in [2.05, 4.69) is 58.3 Å². The fourth-order valence-electron chi connectivity index (χ4n) is 4.84. The Morgan fingerprint density at radius 3 is 2.50 bits per heavy atom. The van der Waals surface area contributed by atoms with E-state index in [-0.39, 0.29) is 11.5 Å². The summed E-state index contributed by atoms with van der Waals surface area (Å²) in [6.45, 7) is 7.96. The summed E-state index contributed by atoms with van der Waals surface area (Å²) < 4.78 is 2.18. The molecule has 2 aromatic carbocycles. The van der Waals surface area contributed by atoms with Gasteiger partial charge in [0.15, 0.2) is 5.43 Å². The summed E-state index contributed by atoms with van der Waals surface area (Å²) in [4.78, 5) is 21.7. The Labute approximate surface area is 186 Å². The quantitative estimate of drug-likeness (QED) is 0.498. The second-order valence-corrected chi connectivity index (χ2v) is 8.83. The summed E-state index contributed by atoms with van der Waals surface area (Å²) in [6.07, 6.45) is 5.91. The number of piperazine rings is 1. The summed E-state index contributed by atoms with van der Waals surface area (Å²) in [5.74, 6) is 2.82. The molecule has 0 amide bonds. The number of aromatic nitrogens is 2. The molecule has 1 N–H and O–H groups in total. The lowest BCUT2D eigenvalue weighted by Crippen LogP contribution is -2.44. The molecular weight excluding hydrogens is 398 g/mol. The van der Waals surface area contributed by atoms with Crippen LogP contribution in [0.15, 0.2) is 35.1 Å². The van der Waals surface area contributed by atoms with Crippen molar-refractivity contribution in [3.05, 3.63) is 51.7 Å². The number of likely N-dealkylation sites (N-methyl/N-ethyl adjacent to an activating group) is 1. The van der Waals surface area contributed by atoms with E-state index in [1.807, 2.05) is 12.1 Å². The highest BCUT2D eigenvalue weighted by atomic mass is 16.1. The average molecular weight is 424 g/mol. The van der Waals surface area contributed by atoms with E-state index in [9.17, 15) is 10.1 Å². The van der Waals surface area contributed by atoms with Crippen LogP contribution < -0.4 is 10.3 Å². The van der Waals surface area contributed by atoms with Crippen molar-refractivity contribution in [3.8, 4) is 18.4 Å². The number of nitriles is 1. The van der Waals surface area contributed by atoms with Gasteiger partial charge in [0.25, 0.3) is 0 Å². The number of aromatic amines is 1. The van der Waals surface area contributed by atoms with Crippen LogP contribution in [0.1, 0.15) is 31.0 Å². The summed E-state index contributed by atoms with van der Waals surface area (Å²) in [5.41, 5.74) is 4.72. The van der Waals surface area contributed by atoms with E-state index in [1.165, 1.54) is 0 Å². The normalized spacial score (nSPS) is 15.0. The zero-order valence-corrected chi connectivity index (χ0v) is 18.6. The van der Waals surface area contributed by atoms with Gasteiger partial charge >= 0.3 is 0 Å². The van der Waals surface area contributed by atoms with Gasteiger partial charge in [0.1, 0.15) is 5.65 Å². The van der Waals surface area contributed by atoms with Crippen molar-refractivity contribution < 1.29 is 0 Å². The molecule has 0 saturated carbocycles. The van der Waals surface area contributed by atoms with Crippen molar-refractivity contribution in [2.75, 3.05) is 38.1 Å². The number of hydrogen-bond donors (Lipinski definition) is 1. The van der Waals surface area contributed by atoms with Gasteiger partial charge in [-0.3, -0.25) is 4.79 Å². The largest absolute Gasteiger partial charge is 0.368 e. The molecule has 2 aromatic heterocycles. The van der Waals surface area contributed by atoms with E-state index in [0.29, 0.717) is 16.3 Å². The van der Waals surface area contributed by atoms with Crippen LogP contribution in [0.5, 0.6) is 0 Å². The van der Waals surface area contributed by atoms with Gasteiger partial charge in [-0.15, -0.1) is 6.42 Å². The van der Waals surface area contributed by atoms with Crippen molar-refractivity contribution in [3.63, 3.8) is 0 Å². The van der Waals surface area contributed by atoms with Crippen LogP contribution in [-0.2, 0) is 0 Å². The third kappa shape index (κ3) is 2.96. The van der Waals surface area contributed by atoms with Gasteiger partial charge in [-0.25, -0.2) is 0 Å². The summed E-state index contributed by atoms with van der Waals surface area (Å²) >= 11 is 0. The maximum atomic E-state index is 13.7. The Kier molecular flexibility index (Phi) is 4.69. The molecule has 0 aliphatic carbocycles. The van der Waals surface area contributed by atoms with E-state index >= 15 is 0 Å². The molecular formula is C26H25N5O. The first-order valence-electron chi connectivity index (χ1n) is 10.9. The number of rotatable bonds is 2. The molecule has 1 aliphatic rings. The van der Waals surface area contributed by atoms with Crippen molar-refractivity contribution in [2.24, 2.45) is 0 Å². The van der Waals surface area contributed by atoms with Crippen molar-refractivity contribution in [2.45, 2.75) is 19.9 Å². The number of nitrogens with one attached hydrogen (secondary N) is 1. The van der Waals surface area contributed by atoms with Crippen LogP contribution in [0, 0.1) is 23.7 Å². The molecule has 6 heteroatoms. The number of terminal acetylenes is 1. The van der Waals surface area contributed by atoms with Crippen LogP contribution in [0.25, 0.3) is 32.8 Å². The molecule has 0 bridgehead atoms. The molecule has 0 atom stereocenters. The molecule has 1 saturated heterocycles. The van der Waals surface area contributed by atoms with Gasteiger partial charge < -0.3 is 19.4 Å². The second kappa shape index (κ2) is 7.44. The smallest absolute Gasteiger partial charge is 0.199 e. The maximum absolute atomic E-state index is 13.7. The van der Waals surface area contributed by atoms with Crippen LogP contribution in [0.2, 0.25) is 0 Å². The molecule has 160 valence electrons. The predicted octanol–water partition coefficient (Wildman–Crippen LogP) is 3.82. The van der Waals surface area contributed by atoms with Crippen LogP contribution in [0.3, 0.4) is 0 Å². The highest BCUT2D eigenvalue weighted by Gasteiger charge is 2.22. The number of benzene rings is 2.